The summed E-state index contributed by atoms with van der Waals surface area (Å²) in [5.41, 5.74) is 0. The quantitative estimate of drug-likeness (QED) is 0.198. The van der Waals surface area contributed by atoms with E-state index in [9.17, 15) is 0 Å². The fraction of sp³-hybridized carbons (Fsp3) is 0.950. The van der Waals surface area contributed by atoms with Gasteiger partial charge in [-0.2, -0.15) is 0 Å². The smallest absolute Gasteiger partial charge is 0.00477 e. The normalized spacial score (nSPS) is 10.9. The maximum atomic E-state index is 6.97. The molecule has 0 heterocycles. The van der Waals surface area contributed by atoms with Crippen molar-refractivity contribution in [2.45, 2.75) is 122 Å². The Hall–Kier alpha value is -0.330. The average Bonchev–Trinajstić information content (AvgIpc) is 2.50. The first-order valence-electron chi connectivity index (χ1n) is 9.90. The van der Waals surface area contributed by atoms with Gasteiger partial charge in [-0.05, 0) is 19.1 Å². The molecule has 0 bridgehead atoms. The summed E-state index contributed by atoms with van der Waals surface area (Å²) in [5.74, 6) is 0. The van der Waals surface area contributed by atoms with Gasteiger partial charge in [0.25, 0.3) is 0 Å². The van der Waals surface area contributed by atoms with E-state index in [1.807, 2.05) is 0 Å². The van der Waals surface area contributed by atoms with Crippen LogP contribution in [0.15, 0.2) is 0 Å². The van der Waals surface area contributed by atoms with Crippen LogP contribution in [-0.2, 0) is 0 Å². The maximum Gasteiger partial charge on any atom is -0.00477 e. The standard InChI is InChI=1S/C20H41N/c1-2-3-4-5-6-7-8-9-10-11-12-13-14-15-16-17-18-19-20-21/h20-21H,2-19H2,1H3. The molecular weight excluding hydrogens is 254 g/mol. The van der Waals surface area contributed by atoms with E-state index in [-0.39, 0.29) is 0 Å². The lowest BCUT2D eigenvalue weighted by Gasteiger charge is -2.03. The van der Waals surface area contributed by atoms with Gasteiger partial charge in [0.15, 0.2) is 0 Å². The van der Waals surface area contributed by atoms with Gasteiger partial charge in [0.2, 0.25) is 0 Å². The number of hydrogen-bond acceptors (Lipinski definition) is 1. The summed E-state index contributed by atoms with van der Waals surface area (Å²) in [6.45, 7) is 2.29. The number of rotatable bonds is 18. The lowest BCUT2D eigenvalue weighted by Crippen LogP contribution is -1.84. The van der Waals surface area contributed by atoms with Crippen LogP contribution in [0.25, 0.3) is 0 Å². The minimum atomic E-state index is 0.985. The molecule has 0 saturated carbocycles. The van der Waals surface area contributed by atoms with Gasteiger partial charge in [-0.15, -0.1) is 0 Å². The Morgan fingerprint density at radius 3 is 1.05 bits per heavy atom. The van der Waals surface area contributed by atoms with E-state index in [0.29, 0.717) is 0 Å². The molecule has 0 aromatic carbocycles. The SMILES string of the molecule is CCCCCCCCCCCCCCCCCCCC=N. The van der Waals surface area contributed by atoms with Gasteiger partial charge < -0.3 is 5.41 Å². The summed E-state index contributed by atoms with van der Waals surface area (Å²) in [4.78, 5) is 0. The highest BCUT2D eigenvalue weighted by Crippen LogP contribution is 2.14. The van der Waals surface area contributed by atoms with Crippen LogP contribution < -0.4 is 0 Å². The molecule has 0 aliphatic carbocycles. The van der Waals surface area contributed by atoms with Crippen LogP contribution in [0, 0.1) is 5.41 Å². The van der Waals surface area contributed by atoms with Crippen LogP contribution in [0.4, 0.5) is 0 Å². The maximum absolute atomic E-state index is 6.97. The molecule has 1 N–H and O–H groups in total. The molecule has 126 valence electrons. The molecule has 0 aromatic rings. The molecule has 0 unspecified atom stereocenters. The van der Waals surface area contributed by atoms with Gasteiger partial charge in [-0.25, -0.2) is 0 Å². The van der Waals surface area contributed by atoms with Crippen molar-refractivity contribution in [1.29, 1.82) is 5.41 Å². The molecule has 0 fully saturated rings. The van der Waals surface area contributed by atoms with Crippen molar-refractivity contribution in [2.75, 3.05) is 0 Å². The Morgan fingerprint density at radius 1 is 0.476 bits per heavy atom. The van der Waals surface area contributed by atoms with Crippen molar-refractivity contribution >= 4 is 6.21 Å². The summed E-state index contributed by atoms with van der Waals surface area (Å²) < 4.78 is 0. The van der Waals surface area contributed by atoms with Crippen LogP contribution in [0.1, 0.15) is 122 Å². The lowest BCUT2D eigenvalue weighted by molar-refractivity contribution is 0.528. The fourth-order valence-electron chi connectivity index (χ4n) is 2.97. The van der Waals surface area contributed by atoms with E-state index in [4.69, 9.17) is 5.41 Å². The second-order valence-electron chi connectivity index (χ2n) is 6.65. The van der Waals surface area contributed by atoms with Gasteiger partial charge >= 0.3 is 0 Å². The van der Waals surface area contributed by atoms with Crippen molar-refractivity contribution in [1.82, 2.24) is 0 Å². The predicted octanol–water partition coefficient (Wildman–Crippen LogP) is 7.68. The molecule has 0 aliphatic rings. The van der Waals surface area contributed by atoms with Crippen LogP contribution >= 0.6 is 0 Å². The third-order valence-corrected chi connectivity index (χ3v) is 4.45. The van der Waals surface area contributed by atoms with Crippen molar-refractivity contribution in [3.05, 3.63) is 0 Å². The van der Waals surface area contributed by atoms with E-state index in [2.05, 4.69) is 6.92 Å². The van der Waals surface area contributed by atoms with E-state index >= 15 is 0 Å². The molecule has 0 spiro atoms. The summed E-state index contributed by atoms with van der Waals surface area (Å²) in [6, 6.07) is 0. The number of unbranched alkanes of at least 4 members (excludes halogenated alkanes) is 17. The molecular formula is C20H41N. The fourth-order valence-corrected chi connectivity index (χ4v) is 2.97. The van der Waals surface area contributed by atoms with E-state index in [1.165, 1.54) is 109 Å². The first-order chi connectivity index (χ1) is 10.4. The number of hydrogen-bond donors (Lipinski definition) is 1. The monoisotopic (exact) mass is 295 g/mol. The minimum Gasteiger partial charge on any atom is -0.313 e. The molecule has 0 saturated heterocycles. The first-order valence-corrected chi connectivity index (χ1v) is 9.90. The average molecular weight is 296 g/mol. The van der Waals surface area contributed by atoms with Gasteiger partial charge in [-0.1, -0.05) is 110 Å². The summed E-state index contributed by atoms with van der Waals surface area (Å²) in [5, 5.41) is 6.97. The van der Waals surface area contributed by atoms with Gasteiger partial charge in [0.05, 0.1) is 0 Å². The second-order valence-corrected chi connectivity index (χ2v) is 6.65. The zero-order valence-electron chi connectivity index (χ0n) is 14.8. The Labute approximate surface area is 134 Å². The van der Waals surface area contributed by atoms with Gasteiger partial charge in [0, 0.05) is 0 Å². The minimum absolute atomic E-state index is 0.985. The highest BCUT2D eigenvalue weighted by molar-refractivity contribution is 5.52. The van der Waals surface area contributed by atoms with E-state index in [0.717, 1.165) is 6.42 Å². The summed E-state index contributed by atoms with van der Waals surface area (Å²) in [6.07, 6.45) is 26.7. The van der Waals surface area contributed by atoms with Crippen molar-refractivity contribution in [3.8, 4) is 0 Å². The third kappa shape index (κ3) is 19.7. The van der Waals surface area contributed by atoms with Crippen LogP contribution in [0.2, 0.25) is 0 Å². The molecule has 0 amide bonds. The molecule has 21 heavy (non-hydrogen) atoms. The Morgan fingerprint density at radius 2 is 0.762 bits per heavy atom. The van der Waals surface area contributed by atoms with Crippen LogP contribution in [0.5, 0.6) is 0 Å². The largest absolute Gasteiger partial charge is 0.313 e. The topological polar surface area (TPSA) is 23.9 Å². The Kier molecular flexibility index (Phi) is 19.4. The molecule has 1 nitrogen and oxygen atoms in total. The highest BCUT2D eigenvalue weighted by Gasteiger charge is 1.94. The molecule has 0 aliphatic heterocycles. The van der Waals surface area contributed by atoms with Crippen molar-refractivity contribution in [3.63, 3.8) is 0 Å². The van der Waals surface area contributed by atoms with Crippen LogP contribution in [0.3, 0.4) is 0 Å². The van der Waals surface area contributed by atoms with E-state index < -0.39 is 0 Å². The van der Waals surface area contributed by atoms with Gasteiger partial charge in [-0.3, -0.25) is 0 Å². The summed E-state index contributed by atoms with van der Waals surface area (Å²) in [7, 11) is 0. The van der Waals surface area contributed by atoms with Gasteiger partial charge in [0.1, 0.15) is 0 Å². The molecule has 0 atom stereocenters. The first kappa shape index (κ1) is 20.7. The number of nitrogens with one attached hydrogen (secondary N) is 1. The zero-order chi connectivity index (χ0) is 15.4. The Balaban J connectivity index is 2.91. The second kappa shape index (κ2) is 19.7. The van der Waals surface area contributed by atoms with Crippen molar-refractivity contribution < 1.29 is 0 Å². The van der Waals surface area contributed by atoms with Crippen LogP contribution in [-0.4, -0.2) is 6.21 Å². The predicted molar refractivity (Wildman–Crippen MR) is 97.6 cm³/mol. The molecule has 1 heteroatoms. The van der Waals surface area contributed by atoms with E-state index in [1.54, 1.807) is 6.21 Å². The lowest BCUT2D eigenvalue weighted by atomic mass is 10.0. The summed E-state index contributed by atoms with van der Waals surface area (Å²) >= 11 is 0. The highest BCUT2D eigenvalue weighted by atomic mass is 14.3. The molecule has 0 aromatic heterocycles. The third-order valence-electron chi connectivity index (χ3n) is 4.45. The zero-order valence-corrected chi connectivity index (χ0v) is 14.8. The van der Waals surface area contributed by atoms with Crippen molar-refractivity contribution in [2.24, 2.45) is 0 Å². The molecule has 0 radical (unpaired) electrons. The molecule has 0 rings (SSSR count). The Bertz CT molecular complexity index is 188.